The summed E-state index contributed by atoms with van der Waals surface area (Å²) in [6, 6.07) is 5.24. The van der Waals surface area contributed by atoms with Crippen molar-refractivity contribution in [2.75, 3.05) is 5.43 Å². The highest BCUT2D eigenvalue weighted by atomic mass is 16.4. The summed E-state index contributed by atoms with van der Waals surface area (Å²) in [4.78, 5) is 21.5. The number of hydrazine groups is 1. The summed E-state index contributed by atoms with van der Waals surface area (Å²) in [5.74, 6) is -1.59. The number of carbonyl (C=O) groups is 2. The fourth-order valence-electron chi connectivity index (χ4n) is 1.30. The van der Waals surface area contributed by atoms with Crippen LogP contribution in [-0.4, -0.2) is 28.1 Å². The quantitative estimate of drug-likeness (QED) is 0.436. The number of anilines is 1. The number of benzene rings is 1. The smallest absolute Gasteiger partial charge is 0.322 e. The zero-order chi connectivity index (χ0) is 13.5. The molecule has 0 aliphatic rings. The molecule has 0 saturated carbocycles. The van der Waals surface area contributed by atoms with Crippen molar-refractivity contribution in [1.29, 1.82) is 0 Å². The molecule has 7 heteroatoms. The lowest BCUT2D eigenvalue weighted by Gasteiger charge is -2.15. The van der Waals surface area contributed by atoms with Crippen LogP contribution in [0.3, 0.4) is 0 Å². The van der Waals surface area contributed by atoms with E-state index < -0.39 is 17.9 Å². The Bertz CT molecular complexity index is 436. The first kappa shape index (κ1) is 13.8. The number of hydrogen-bond acceptors (Lipinski definition) is 5. The Morgan fingerprint density at radius 3 is 2.67 bits per heavy atom. The molecule has 1 rings (SSSR count). The number of aliphatic carboxylic acids is 1. The van der Waals surface area contributed by atoms with Gasteiger partial charge in [0.1, 0.15) is 11.8 Å². The normalized spacial score (nSPS) is 11.8. The maximum absolute atomic E-state index is 10.9. The molecule has 6 N–H and O–H groups in total. The molecule has 0 aliphatic carbocycles. The summed E-state index contributed by atoms with van der Waals surface area (Å²) in [7, 11) is 0. The van der Waals surface area contributed by atoms with Gasteiger partial charge in [0, 0.05) is 12.5 Å². The van der Waals surface area contributed by atoms with E-state index in [1.165, 1.54) is 12.1 Å². The van der Waals surface area contributed by atoms with E-state index in [-0.39, 0.29) is 18.6 Å². The molecule has 0 fully saturated rings. The van der Waals surface area contributed by atoms with E-state index >= 15 is 0 Å². The summed E-state index contributed by atoms with van der Waals surface area (Å²) < 4.78 is 0. The van der Waals surface area contributed by atoms with Crippen LogP contribution in [0.1, 0.15) is 12.8 Å². The number of carboxylic acids is 1. The number of carboxylic acid groups (broad SMARTS) is 1. The van der Waals surface area contributed by atoms with Gasteiger partial charge in [-0.25, -0.2) is 5.43 Å². The van der Waals surface area contributed by atoms with Crippen LogP contribution in [0, 0.1) is 0 Å². The molecule has 0 radical (unpaired) electrons. The SMILES string of the molecule is NC(=O)CC[C@H](NNc1cccc(O)c1)C(=O)O. The zero-order valence-electron chi connectivity index (χ0n) is 9.59. The van der Waals surface area contributed by atoms with Crippen LogP contribution < -0.4 is 16.6 Å². The van der Waals surface area contributed by atoms with E-state index in [1.807, 2.05) is 0 Å². The van der Waals surface area contributed by atoms with E-state index in [1.54, 1.807) is 12.1 Å². The molecule has 0 unspecified atom stereocenters. The predicted molar refractivity (Wildman–Crippen MR) is 64.7 cm³/mol. The number of nitrogens with two attached hydrogens (primary N) is 1. The van der Waals surface area contributed by atoms with Crippen LogP contribution in [0.25, 0.3) is 0 Å². The third kappa shape index (κ3) is 4.71. The summed E-state index contributed by atoms with van der Waals surface area (Å²) in [5, 5.41) is 18.1. The average Bonchev–Trinajstić information content (AvgIpc) is 2.28. The second-order valence-corrected chi connectivity index (χ2v) is 3.72. The van der Waals surface area contributed by atoms with E-state index in [0.717, 1.165) is 0 Å². The molecule has 18 heavy (non-hydrogen) atoms. The minimum Gasteiger partial charge on any atom is -0.508 e. The minimum atomic E-state index is -1.09. The topological polar surface area (TPSA) is 125 Å². The van der Waals surface area contributed by atoms with Crippen molar-refractivity contribution in [3.63, 3.8) is 0 Å². The number of amides is 1. The number of rotatable bonds is 7. The second kappa shape index (κ2) is 6.45. The van der Waals surface area contributed by atoms with Crippen molar-refractivity contribution in [3.05, 3.63) is 24.3 Å². The van der Waals surface area contributed by atoms with Gasteiger partial charge in [-0.05, 0) is 18.6 Å². The summed E-state index contributed by atoms with van der Waals surface area (Å²) in [5.41, 5.74) is 10.7. The standard InChI is InChI=1S/C11H15N3O4/c12-10(16)5-4-9(11(17)18)14-13-7-2-1-3-8(15)6-7/h1-3,6,9,13-15H,4-5H2,(H2,12,16)(H,17,18)/t9-/m0/s1. The fraction of sp³-hybridized carbons (Fsp3) is 0.273. The van der Waals surface area contributed by atoms with E-state index in [4.69, 9.17) is 10.8 Å². The van der Waals surface area contributed by atoms with Crippen LogP contribution in [0.4, 0.5) is 5.69 Å². The van der Waals surface area contributed by atoms with Crippen molar-refractivity contribution in [3.8, 4) is 5.75 Å². The number of primary amides is 1. The van der Waals surface area contributed by atoms with Gasteiger partial charge in [0.05, 0.1) is 5.69 Å². The van der Waals surface area contributed by atoms with Gasteiger partial charge in [0.25, 0.3) is 0 Å². The van der Waals surface area contributed by atoms with Gasteiger partial charge in [-0.3, -0.25) is 9.59 Å². The fourth-order valence-corrected chi connectivity index (χ4v) is 1.30. The molecular weight excluding hydrogens is 238 g/mol. The molecule has 98 valence electrons. The van der Waals surface area contributed by atoms with Gasteiger partial charge < -0.3 is 21.4 Å². The Hall–Kier alpha value is -2.28. The maximum Gasteiger partial charge on any atom is 0.322 e. The predicted octanol–water partition coefficient (Wildman–Crippen LogP) is 0.0274. The number of aromatic hydroxyl groups is 1. The first-order valence-electron chi connectivity index (χ1n) is 5.30. The van der Waals surface area contributed by atoms with Gasteiger partial charge in [-0.2, -0.15) is 0 Å². The van der Waals surface area contributed by atoms with Crippen molar-refractivity contribution in [2.45, 2.75) is 18.9 Å². The minimum absolute atomic E-state index is 0.0221. The molecule has 0 aromatic heterocycles. The molecule has 0 bridgehead atoms. The monoisotopic (exact) mass is 253 g/mol. The number of hydrogen-bond donors (Lipinski definition) is 5. The molecule has 1 aromatic rings. The van der Waals surface area contributed by atoms with E-state index in [0.29, 0.717) is 5.69 Å². The molecule has 7 nitrogen and oxygen atoms in total. The van der Waals surface area contributed by atoms with Crippen molar-refractivity contribution < 1.29 is 19.8 Å². The first-order chi connectivity index (χ1) is 8.49. The highest BCUT2D eigenvalue weighted by Crippen LogP contribution is 2.14. The molecule has 1 atom stereocenters. The summed E-state index contributed by atoms with van der Waals surface area (Å²) in [6.45, 7) is 0. The molecule has 1 aromatic carbocycles. The number of phenolic OH excluding ortho intramolecular Hbond substituents is 1. The van der Waals surface area contributed by atoms with Crippen LogP contribution >= 0.6 is 0 Å². The molecular formula is C11H15N3O4. The Kier molecular flexibility index (Phi) is 4.94. The van der Waals surface area contributed by atoms with Crippen LogP contribution in [0.5, 0.6) is 5.75 Å². The first-order valence-corrected chi connectivity index (χ1v) is 5.30. The van der Waals surface area contributed by atoms with Gasteiger partial charge in [-0.1, -0.05) is 6.07 Å². The van der Waals surface area contributed by atoms with Crippen molar-refractivity contribution in [1.82, 2.24) is 5.43 Å². The average molecular weight is 253 g/mol. The third-order valence-corrected chi connectivity index (χ3v) is 2.21. The zero-order valence-corrected chi connectivity index (χ0v) is 9.59. The summed E-state index contributed by atoms with van der Waals surface area (Å²) >= 11 is 0. The van der Waals surface area contributed by atoms with Crippen LogP contribution in [0.2, 0.25) is 0 Å². The molecule has 0 aliphatic heterocycles. The molecule has 1 amide bonds. The largest absolute Gasteiger partial charge is 0.508 e. The van der Waals surface area contributed by atoms with Crippen LogP contribution in [0.15, 0.2) is 24.3 Å². The highest BCUT2D eigenvalue weighted by Gasteiger charge is 2.17. The Balaban J connectivity index is 2.51. The third-order valence-electron chi connectivity index (χ3n) is 2.21. The van der Waals surface area contributed by atoms with Gasteiger partial charge in [0.15, 0.2) is 0 Å². The van der Waals surface area contributed by atoms with Gasteiger partial charge in [0.2, 0.25) is 5.91 Å². The lowest BCUT2D eigenvalue weighted by molar-refractivity contribution is -0.139. The van der Waals surface area contributed by atoms with Gasteiger partial charge in [-0.15, -0.1) is 0 Å². The van der Waals surface area contributed by atoms with Crippen molar-refractivity contribution in [2.24, 2.45) is 5.73 Å². The molecule has 0 saturated heterocycles. The lowest BCUT2D eigenvalue weighted by Crippen LogP contribution is -2.41. The Labute approximate surface area is 104 Å². The Morgan fingerprint density at radius 1 is 1.39 bits per heavy atom. The van der Waals surface area contributed by atoms with E-state index in [2.05, 4.69) is 10.9 Å². The Morgan fingerprint density at radius 2 is 2.11 bits per heavy atom. The second-order valence-electron chi connectivity index (χ2n) is 3.72. The number of phenols is 1. The lowest BCUT2D eigenvalue weighted by atomic mass is 10.1. The number of carbonyl (C=O) groups excluding carboxylic acids is 1. The van der Waals surface area contributed by atoms with Crippen LogP contribution in [-0.2, 0) is 9.59 Å². The maximum atomic E-state index is 10.9. The number of nitrogens with one attached hydrogen (secondary N) is 2. The molecule has 0 spiro atoms. The highest BCUT2D eigenvalue weighted by molar-refractivity contribution is 5.77. The van der Waals surface area contributed by atoms with Gasteiger partial charge >= 0.3 is 5.97 Å². The van der Waals surface area contributed by atoms with Crippen molar-refractivity contribution >= 4 is 17.6 Å². The van der Waals surface area contributed by atoms with E-state index in [9.17, 15) is 14.7 Å². The summed E-state index contributed by atoms with van der Waals surface area (Å²) in [6.07, 6.45) is 0.0577. The molecule has 0 heterocycles.